The van der Waals surface area contributed by atoms with Crippen LogP contribution in [0.2, 0.25) is 0 Å². The van der Waals surface area contributed by atoms with Crippen molar-refractivity contribution in [1.82, 2.24) is 39.2 Å². The molecule has 326 valence electrons. The molecule has 1 unspecified atom stereocenters. The molecule has 0 bridgehead atoms. The molecular formula is C42H47F2N11O6S. The van der Waals surface area contributed by atoms with Crippen LogP contribution in [0.15, 0.2) is 67.3 Å². The summed E-state index contributed by atoms with van der Waals surface area (Å²) in [4.78, 5) is 64.2. The highest BCUT2D eigenvalue weighted by atomic mass is 32.2. The Labute approximate surface area is 356 Å². The number of nitrogens with one attached hydrogen (secondary N) is 4. The molecular weight excluding hydrogens is 825 g/mol. The van der Waals surface area contributed by atoms with Gasteiger partial charge in [0.15, 0.2) is 5.82 Å². The van der Waals surface area contributed by atoms with Gasteiger partial charge in [-0.2, -0.15) is 17.8 Å². The zero-order valence-electron chi connectivity index (χ0n) is 34.2. The van der Waals surface area contributed by atoms with Crippen LogP contribution in [0.3, 0.4) is 0 Å². The Morgan fingerprint density at radius 3 is 2.40 bits per heavy atom. The number of pyridine rings is 1. The molecule has 3 aliphatic heterocycles. The standard InChI is InChI=1S/C42H47F2N11O6S/c1-3-51(2)62(60,61)50-34-9-8-33(43)38(39(34)44)40(58)32-23-46-41-31(32)20-27(21-45-41)26-4-6-29(7-5-26)53-16-18-54(19-17-53)37(57)25-52-14-12-30(13-15-52)55-24-28(22-47-55)48-35-10-11-36(56)49-42(35)59/h4-9,20-24,30,35,48,50H,3,10-19,25H2,1-2H3,(H,45,46)(H,49,56,59). The van der Waals surface area contributed by atoms with Crippen molar-refractivity contribution in [1.29, 1.82) is 0 Å². The lowest BCUT2D eigenvalue weighted by molar-refractivity contribution is -0.134. The predicted octanol–water partition coefficient (Wildman–Crippen LogP) is 3.75. The Bertz CT molecular complexity index is 2620. The van der Waals surface area contributed by atoms with E-state index in [1.165, 1.54) is 13.2 Å². The van der Waals surface area contributed by atoms with Crippen LogP contribution in [0.25, 0.3) is 22.2 Å². The molecule has 62 heavy (non-hydrogen) atoms. The number of benzene rings is 2. The fourth-order valence-electron chi connectivity index (χ4n) is 8.07. The summed E-state index contributed by atoms with van der Waals surface area (Å²) in [7, 11) is -2.84. The van der Waals surface area contributed by atoms with Crippen molar-refractivity contribution in [2.45, 2.75) is 44.7 Å². The van der Waals surface area contributed by atoms with E-state index in [4.69, 9.17) is 0 Å². The molecule has 4 N–H and O–H groups in total. The van der Waals surface area contributed by atoms with Crippen LogP contribution in [0.4, 0.5) is 25.8 Å². The molecule has 3 aromatic heterocycles. The highest BCUT2D eigenvalue weighted by molar-refractivity contribution is 7.90. The van der Waals surface area contributed by atoms with Gasteiger partial charge in [0.05, 0.1) is 35.7 Å². The fourth-order valence-corrected chi connectivity index (χ4v) is 9.00. The second-order valence-corrected chi connectivity index (χ2v) is 17.5. The van der Waals surface area contributed by atoms with E-state index in [0.717, 1.165) is 59.3 Å². The van der Waals surface area contributed by atoms with Crippen LogP contribution in [0, 0.1) is 11.6 Å². The average molecular weight is 872 g/mol. The highest BCUT2D eigenvalue weighted by Gasteiger charge is 2.30. The minimum atomic E-state index is -4.14. The highest BCUT2D eigenvalue weighted by Crippen LogP contribution is 2.31. The van der Waals surface area contributed by atoms with Gasteiger partial charge < -0.3 is 20.1 Å². The third kappa shape index (κ3) is 8.88. The van der Waals surface area contributed by atoms with Crippen LogP contribution in [0.1, 0.15) is 54.6 Å². The molecule has 3 saturated heterocycles. The molecule has 17 nitrogen and oxygen atoms in total. The second-order valence-electron chi connectivity index (χ2n) is 15.7. The number of rotatable bonds is 13. The normalized spacial score (nSPS) is 18.0. The number of aromatic nitrogens is 4. The second kappa shape index (κ2) is 17.6. The molecule has 6 heterocycles. The summed E-state index contributed by atoms with van der Waals surface area (Å²) in [5.74, 6) is -3.93. The number of amides is 3. The number of carbonyl (C=O) groups excluding carboxylic acids is 4. The lowest BCUT2D eigenvalue weighted by Gasteiger charge is -2.38. The number of piperazine rings is 1. The summed E-state index contributed by atoms with van der Waals surface area (Å²) in [6.45, 7) is 6.07. The summed E-state index contributed by atoms with van der Waals surface area (Å²) in [5, 5.41) is 10.4. The number of hydrogen-bond donors (Lipinski definition) is 4. The summed E-state index contributed by atoms with van der Waals surface area (Å²) in [6, 6.07) is 11.0. The number of H-pyrrole nitrogens is 1. The van der Waals surface area contributed by atoms with E-state index in [2.05, 4.69) is 40.2 Å². The van der Waals surface area contributed by atoms with Crippen LogP contribution < -0.4 is 20.3 Å². The molecule has 3 amide bonds. The monoisotopic (exact) mass is 871 g/mol. The number of carbonyl (C=O) groups is 4. The topological polar surface area (TPSA) is 198 Å². The molecule has 3 fully saturated rings. The Morgan fingerprint density at radius 2 is 1.69 bits per heavy atom. The Balaban J connectivity index is 0.841. The van der Waals surface area contributed by atoms with Crippen molar-refractivity contribution in [2.75, 3.05) is 74.3 Å². The van der Waals surface area contributed by atoms with Crippen molar-refractivity contribution < 1.29 is 36.4 Å². The molecule has 5 aromatic rings. The number of aromatic amines is 1. The van der Waals surface area contributed by atoms with E-state index < -0.39 is 44.9 Å². The minimum Gasteiger partial charge on any atom is -0.371 e. The maximum Gasteiger partial charge on any atom is 0.301 e. The molecule has 0 spiro atoms. The van der Waals surface area contributed by atoms with Crippen molar-refractivity contribution in [3.05, 3.63) is 90.0 Å². The molecule has 0 aliphatic carbocycles. The maximum atomic E-state index is 15.6. The first-order valence-electron chi connectivity index (χ1n) is 20.5. The summed E-state index contributed by atoms with van der Waals surface area (Å²) >= 11 is 0. The van der Waals surface area contributed by atoms with Gasteiger partial charge in [-0.1, -0.05) is 19.1 Å². The largest absolute Gasteiger partial charge is 0.371 e. The van der Waals surface area contributed by atoms with E-state index in [1.54, 1.807) is 25.4 Å². The van der Waals surface area contributed by atoms with Gasteiger partial charge in [-0.3, -0.25) is 38.8 Å². The Morgan fingerprint density at radius 1 is 0.952 bits per heavy atom. The van der Waals surface area contributed by atoms with Gasteiger partial charge in [-0.05, 0) is 55.2 Å². The Kier molecular flexibility index (Phi) is 12.1. The predicted molar refractivity (Wildman–Crippen MR) is 228 cm³/mol. The SMILES string of the molecule is CCN(C)S(=O)(=O)Nc1ccc(F)c(C(=O)c2c[nH]c3ncc(-c4ccc(N5CCN(C(=O)CN6CCC(n7cc(NC8CCC(=O)NC8=O)cn7)CC6)CC5)cc4)cc23)c1F. The van der Waals surface area contributed by atoms with Crippen molar-refractivity contribution in [3.8, 4) is 11.1 Å². The van der Waals surface area contributed by atoms with Gasteiger partial charge in [0.2, 0.25) is 23.5 Å². The number of fused-ring (bicyclic) bond motifs is 1. The lowest BCUT2D eigenvalue weighted by Crippen LogP contribution is -2.52. The first-order valence-corrected chi connectivity index (χ1v) is 22.0. The molecule has 20 heteroatoms. The summed E-state index contributed by atoms with van der Waals surface area (Å²) in [5.41, 5.74) is 2.03. The number of piperidine rings is 2. The van der Waals surface area contributed by atoms with Crippen molar-refractivity contribution in [3.63, 3.8) is 0 Å². The molecule has 1 atom stereocenters. The zero-order valence-corrected chi connectivity index (χ0v) is 35.1. The van der Waals surface area contributed by atoms with Crippen molar-refractivity contribution in [2.24, 2.45) is 0 Å². The number of hydrogen-bond acceptors (Lipinski definition) is 11. The number of ketones is 1. The van der Waals surface area contributed by atoms with Gasteiger partial charge in [-0.25, -0.2) is 13.8 Å². The zero-order chi connectivity index (χ0) is 43.7. The van der Waals surface area contributed by atoms with E-state index in [9.17, 15) is 27.6 Å². The Hall–Kier alpha value is -6.25. The van der Waals surface area contributed by atoms with E-state index in [-0.39, 0.29) is 35.9 Å². The molecule has 3 aliphatic rings. The van der Waals surface area contributed by atoms with Crippen LogP contribution >= 0.6 is 0 Å². The number of imide groups is 1. The van der Waals surface area contributed by atoms with Gasteiger partial charge >= 0.3 is 10.2 Å². The molecule has 0 radical (unpaired) electrons. The number of halogens is 2. The molecule has 2 aromatic carbocycles. The molecule has 0 saturated carbocycles. The van der Waals surface area contributed by atoms with Crippen LogP contribution in [-0.2, 0) is 24.6 Å². The minimum absolute atomic E-state index is 0.0303. The smallest absolute Gasteiger partial charge is 0.301 e. The van der Waals surface area contributed by atoms with Gasteiger partial charge in [0.1, 0.15) is 17.5 Å². The molecule has 8 rings (SSSR count). The van der Waals surface area contributed by atoms with Crippen LogP contribution in [-0.4, -0.2) is 131 Å². The maximum absolute atomic E-state index is 15.6. The average Bonchev–Trinajstić information content (AvgIpc) is 3.93. The number of anilines is 3. The lowest BCUT2D eigenvalue weighted by atomic mass is 9.99. The van der Waals surface area contributed by atoms with Gasteiger partial charge in [0, 0.05) is 100 Å². The van der Waals surface area contributed by atoms with Gasteiger partial charge in [0.25, 0.3) is 0 Å². The van der Waals surface area contributed by atoms with Gasteiger partial charge in [-0.15, -0.1) is 0 Å². The summed E-state index contributed by atoms with van der Waals surface area (Å²) in [6.07, 6.45) is 8.96. The first kappa shape index (κ1) is 42.4. The van der Waals surface area contributed by atoms with E-state index in [0.29, 0.717) is 62.2 Å². The number of likely N-dealkylation sites (tertiary alicyclic amines) is 1. The third-order valence-corrected chi connectivity index (χ3v) is 13.4. The number of nitrogens with zero attached hydrogens (tertiary/aromatic N) is 7. The summed E-state index contributed by atoms with van der Waals surface area (Å²) < 4.78 is 60.7. The third-order valence-electron chi connectivity index (χ3n) is 11.9. The van der Waals surface area contributed by atoms with E-state index >= 15 is 8.78 Å². The van der Waals surface area contributed by atoms with E-state index in [1.807, 2.05) is 40.0 Å². The first-order chi connectivity index (χ1) is 29.8. The van der Waals surface area contributed by atoms with Crippen molar-refractivity contribution >= 4 is 61.8 Å². The fraction of sp³-hybridized carbons (Fsp3) is 0.381. The van der Waals surface area contributed by atoms with Crippen LogP contribution in [0.5, 0.6) is 0 Å². The quantitative estimate of drug-likeness (QED) is 0.0994.